The molecule has 1 heterocycles. The Labute approximate surface area is 98.8 Å². The zero-order valence-electron chi connectivity index (χ0n) is 8.79. The van der Waals surface area contributed by atoms with Gasteiger partial charge in [-0.25, -0.2) is 0 Å². The van der Waals surface area contributed by atoms with E-state index < -0.39 is 0 Å². The lowest BCUT2D eigenvalue weighted by atomic mass is 9.99. The number of halogens is 1. The second-order valence-corrected chi connectivity index (χ2v) is 5.85. The molecule has 0 aliphatic rings. The first-order chi connectivity index (χ1) is 6.61. The maximum absolute atomic E-state index is 5.99. The minimum absolute atomic E-state index is 0.355. The van der Waals surface area contributed by atoms with E-state index >= 15 is 0 Å². The molecule has 3 heteroatoms. The third kappa shape index (κ3) is 3.71. The molecule has 0 aromatic carbocycles. The van der Waals surface area contributed by atoms with Crippen molar-refractivity contribution < 1.29 is 0 Å². The Balaban J connectivity index is 2.25. The molecular formula is C11H18BrNS. The van der Waals surface area contributed by atoms with Gasteiger partial charge in [0.05, 0.1) is 0 Å². The van der Waals surface area contributed by atoms with E-state index in [9.17, 15) is 0 Å². The van der Waals surface area contributed by atoms with Crippen LogP contribution >= 0.6 is 27.3 Å². The lowest BCUT2D eigenvalue weighted by Gasteiger charge is -2.14. The number of aryl methyl sites for hydroxylation is 1. The first kappa shape index (κ1) is 12.2. The highest BCUT2D eigenvalue weighted by Crippen LogP contribution is 2.24. The van der Waals surface area contributed by atoms with Crippen molar-refractivity contribution in [1.29, 1.82) is 0 Å². The highest BCUT2D eigenvalue weighted by Gasteiger charge is 2.08. The van der Waals surface area contributed by atoms with Gasteiger partial charge in [-0.05, 0) is 52.6 Å². The van der Waals surface area contributed by atoms with E-state index in [0.29, 0.717) is 12.0 Å². The second kappa shape index (κ2) is 5.89. The Bertz CT molecular complexity index is 270. The molecule has 1 rings (SSSR count). The predicted octanol–water partition coefficient (Wildman–Crippen LogP) is 3.82. The van der Waals surface area contributed by atoms with Crippen LogP contribution < -0.4 is 5.73 Å². The highest BCUT2D eigenvalue weighted by molar-refractivity contribution is 9.10. The summed E-state index contributed by atoms with van der Waals surface area (Å²) in [6.45, 7) is 4.37. The van der Waals surface area contributed by atoms with Crippen molar-refractivity contribution in [2.75, 3.05) is 0 Å². The molecular weight excluding hydrogens is 258 g/mol. The average molecular weight is 276 g/mol. The summed E-state index contributed by atoms with van der Waals surface area (Å²) in [5, 5.41) is 2.13. The summed E-state index contributed by atoms with van der Waals surface area (Å²) >= 11 is 5.36. The molecule has 1 aromatic rings. The van der Waals surface area contributed by atoms with Gasteiger partial charge < -0.3 is 5.73 Å². The highest BCUT2D eigenvalue weighted by atomic mass is 79.9. The van der Waals surface area contributed by atoms with Crippen molar-refractivity contribution >= 4 is 27.3 Å². The quantitative estimate of drug-likeness (QED) is 0.869. The van der Waals surface area contributed by atoms with Gasteiger partial charge in [0.15, 0.2) is 0 Å². The van der Waals surface area contributed by atoms with E-state index in [4.69, 9.17) is 5.73 Å². The minimum atomic E-state index is 0.355. The fraction of sp³-hybridized carbons (Fsp3) is 0.636. The first-order valence-corrected chi connectivity index (χ1v) is 6.76. The third-order valence-corrected chi connectivity index (χ3v) is 4.47. The van der Waals surface area contributed by atoms with Crippen LogP contribution in [-0.4, -0.2) is 6.04 Å². The molecule has 2 N–H and O–H groups in total. The number of rotatable bonds is 5. The van der Waals surface area contributed by atoms with E-state index in [0.717, 1.165) is 12.8 Å². The molecule has 0 saturated heterocycles. The van der Waals surface area contributed by atoms with Crippen LogP contribution in [0.15, 0.2) is 15.9 Å². The molecule has 1 nitrogen and oxygen atoms in total. The molecule has 14 heavy (non-hydrogen) atoms. The number of hydrogen-bond acceptors (Lipinski definition) is 2. The van der Waals surface area contributed by atoms with Crippen molar-refractivity contribution in [1.82, 2.24) is 0 Å². The van der Waals surface area contributed by atoms with Gasteiger partial charge in [-0.1, -0.05) is 13.8 Å². The minimum Gasteiger partial charge on any atom is -0.327 e. The van der Waals surface area contributed by atoms with Gasteiger partial charge in [-0.15, -0.1) is 11.3 Å². The molecule has 80 valence electrons. The van der Waals surface area contributed by atoms with Gasteiger partial charge in [-0.3, -0.25) is 0 Å². The van der Waals surface area contributed by atoms with E-state index in [1.54, 1.807) is 0 Å². The fourth-order valence-corrected chi connectivity index (χ4v) is 2.93. The molecule has 0 saturated carbocycles. The molecule has 0 fully saturated rings. The molecule has 0 spiro atoms. The van der Waals surface area contributed by atoms with Gasteiger partial charge in [0.25, 0.3) is 0 Å². The molecule has 0 aliphatic carbocycles. The zero-order chi connectivity index (χ0) is 10.6. The number of thiophene rings is 1. The summed E-state index contributed by atoms with van der Waals surface area (Å²) < 4.78 is 1.25. The molecule has 1 unspecified atom stereocenters. The van der Waals surface area contributed by atoms with Crippen LogP contribution in [0.2, 0.25) is 0 Å². The lowest BCUT2D eigenvalue weighted by molar-refractivity contribution is 0.452. The fourth-order valence-electron chi connectivity index (χ4n) is 1.34. The van der Waals surface area contributed by atoms with E-state index in [1.165, 1.54) is 15.8 Å². The monoisotopic (exact) mass is 275 g/mol. The second-order valence-electron chi connectivity index (χ2n) is 3.99. The standard InChI is InChI=1S/C11H18BrNS/c1-8(2)10(13)4-3-5-11-9(12)6-7-14-11/h6-8,10H,3-5,13H2,1-2H3. The van der Waals surface area contributed by atoms with Crippen molar-refractivity contribution in [2.45, 2.75) is 39.2 Å². The van der Waals surface area contributed by atoms with Crippen LogP contribution in [-0.2, 0) is 6.42 Å². The van der Waals surface area contributed by atoms with Crippen molar-refractivity contribution in [2.24, 2.45) is 11.7 Å². The maximum atomic E-state index is 5.99. The largest absolute Gasteiger partial charge is 0.327 e. The lowest BCUT2D eigenvalue weighted by Crippen LogP contribution is -2.26. The van der Waals surface area contributed by atoms with Crippen LogP contribution in [0.5, 0.6) is 0 Å². The third-order valence-electron chi connectivity index (χ3n) is 2.49. The van der Waals surface area contributed by atoms with Crippen molar-refractivity contribution in [3.8, 4) is 0 Å². The van der Waals surface area contributed by atoms with Crippen LogP contribution in [0.25, 0.3) is 0 Å². The van der Waals surface area contributed by atoms with Crippen molar-refractivity contribution in [3.63, 3.8) is 0 Å². The molecule has 1 aromatic heterocycles. The zero-order valence-corrected chi connectivity index (χ0v) is 11.2. The molecule has 0 radical (unpaired) electrons. The maximum Gasteiger partial charge on any atom is 0.0314 e. The van der Waals surface area contributed by atoms with Gasteiger partial charge in [0, 0.05) is 15.4 Å². The Morgan fingerprint density at radius 1 is 1.50 bits per heavy atom. The Morgan fingerprint density at radius 2 is 2.21 bits per heavy atom. The predicted molar refractivity (Wildman–Crippen MR) is 67.8 cm³/mol. The normalized spacial score (nSPS) is 13.5. The van der Waals surface area contributed by atoms with Crippen LogP contribution in [0.3, 0.4) is 0 Å². The Hall–Kier alpha value is 0.140. The van der Waals surface area contributed by atoms with Gasteiger partial charge >= 0.3 is 0 Å². The van der Waals surface area contributed by atoms with E-state index in [-0.39, 0.29) is 0 Å². The topological polar surface area (TPSA) is 26.0 Å². The smallest absolute Gasteiger partial charge is 0.0314 e. The molecule has 0 amide bonds. The summed E-state index contributed by atoms with van der Waals surface area (Å²) in [4.78, 5) is 1.45. The molecule has 1 atom stereocenters. The number of nitrogens with two attached hydrogens (primary N) is 1. The van der Waals surface area contributed by atoms with Crippen LogP contribution in [0.4, 0.5) is 0 Å². The summed E-state index contributed by atoms with van der Waals surface area (Å²) in [5.74, 6) is 0.599. The average Bonchev–Trinajstić information content (AvgIpc) is 2.51. The van der Waals surface area contributed by atoms with Crippen LogP contribution in [0.1, 0.15) is 31.6 Å². The van der Waals surface area contributed by atoms with Gasteiger partial charge in [-0.2, -0.15) is 0 Å². The van der Waals surface area contributed by atoms with Gasteiger partial charge in [0.2, 0.25) is 0 Å². The van der Waals surface area contributed by atoms with Gasteiger partial charge in [0.1, 0.15) is 0 Å². The SMILES string of the molecule is CC(C)C(N)CCCc1sccc1Br. The van der Waals surface area contributed by atoms with E-state index in [1.807, 2.05) is 11.3 Å². The summed E-state index contributed by atoms with van der Waals surface area (Å²) in [6, 6.07) is 2.47. The van der Waals surface area contributed by atoms with Crippen LogP contribution in [0, 0.1) is 5.92 Å². The summed E-state index contributed by atoms with van der Waals surface area (Å²) in [6.07, 6.45) is 3.47. The number of hydrogen-bond donors (Lipinski definition) is 1. The Kier molecular flexibility index (Phi) is 5.13. The van der Waals surface area contributed by atoms with E-state index in [2.05, 4.69) is 41.2 Å². The summed E-state index contributed by atoms with van der Waals surface area (Å²) in [7, 11) is 0. The molecule has 0 bridgehead atoms. The summed E-state index contributed by atoms with van der Waals surface area (Å²) in [5.41, 5.74) is 5.99. The van der Waals surface area contributed by atoms with Crippen molar-refractivity contribution in [3.05, 3.63) is 20.8 Å². The first-order valence-electron chi connectivity index (χ1n) is 5.08. The Morgan fingerprint density at radius 3 is 2.71 bits per heavy atom. The molecule has 0 aliphatic heterocycles.